The van der Waals surface area contributed by atoms with Crippen LogP contribution in [0.25, 0.3) is 0 Å². The van der Waals surface area contributed by atoms with Gasteiger partial charge in [-0.1, -0.05) is 11.6 Å². The molecule has 1 rings (SSSR count). The Balaban J connectivity index is 3.23. The summed E-state index contributed by atoms with van der Waals surface area (Å²) in [5, 5.41) is 0.575. The summed E-state index contributed by atoms with van der Waals surface area (Å²) in [6.07, 6.45) is 6.63. The fourth-order valence-electron chi connectivity index (χ4n) is 0.521. The molecule has 10 heavy (non-hydrogen) atoms. The molecule has 1 aromatic rings. The molecule has 1 aromatic heterocycles. The average molecular weight is 216 g/mol. The molecule has 0 aliphatic heterocycles. The van der Waals surface area contributed by atoms with Crippen molar-refractivity contribution in [1.29, 1.82) is 0 Å². The molecule has 0 saturated carbocycles. The molecule has 0 fully saturated rings. The fourth-order valence-corrected chi connectivity index (χ4v) is 1.27. The second-order valence-corrected chi connectivity index (χ2v) is 2.92. The lowest BCUT2D eigenvalue weighted by Gasteiger charge is -1.93. The standard InChI is InChI=1S/C7H3BrClN/c1-2-7-6(8)3-5(9)4-10-7/h1,3-4H. The van der Waals surface area contributed by atoms with Crippen LogP contribution in [-0.2, 0) is 0 Å². The smallest absolute Gasteiger partial charge is 0.127 e. The first-order valence-corrected chi connectivity index (χ1v) is 3.69. The lowest BCUT2D eigenvalue weighted by atomic mass is 10.4. The minimum Gasteiger partial charge on any atom is -0.245 e. The number of hydrogen-bond donors (Lipinski definition) is 0. The summed E-state index contributed by atoms with van der Waals surface area (Å²) < 4.78 is 0.752. The van der Waals surface area contributed by atoms with Gasteiger partial charge in [-0.25, -0.2) is 4.98 Å². The Hall–Kier alpha value is -0.520. The molecular formula is C7H3BrClN. The van der Waals surface area contributed by atoms with Gasteiger partial charge in [0, 0.05) is 6.20 Å². The molecule has 0 spiro atoms. The average Bonchev–Trinajstić information content (AvgIpc) is 1.88. The first kappa shape index (κ1) is 7.59. The monoisotopic (exact) mass is 215 g/mol. The summed E-state index contributed by atoms with van der Waals surface area (Å²) in [7, 11) is 0. The van der Waals surface area contributed by atoms with Crippen LogP contribution in [0.15, 0.2) is 16.7 Å². The first-order chi connectivity index (χ1) is 4.74. The topological polar surface area (TPSA) is 12.9 Å². The first-order valence-electron chi connectivity index (χ1n) is 2.51. The van der Waals surface area contributed by atoms with Gasteiger partial charge in [-0.15, -0.1) is 6.42 Å². The van der Waals surface area contributed by atoms with Gasteiger partial charge in [-0.2, -0.15) is 0 Å². The molecule has 0 aliphatic rings. The Morgan fingerprint density at radius 1 is 1.70 bits per heavy atom. The third-order valence-electron chi connectivity index (χ3n) is 0.945. The van der Waals surface area contributed by atoms with E-state index in [1.54, 1.807) is 6.07 Å². The van der Waals surface area contributed by atoms with Gasteiger partial charge in [0.15, 0.2) is 0 Å². The van der Waals surface area contributed by atoms with Crippen molar-refractivity contribution in [1.82, 2.24) is 4.98 Å². The Labute approximate surface area is 72.6 Å². The summed E-state index contributed by atoms with van der Waals surface area (Å²) in [5.41, 5.74) is 0.574. The van der Waals surface area contributed by atoms with Crippen LogP contribution in [0.5, 0.6) is 0 Å². The Bertz CT molecular complexity index is 290. The number of terminal acetylenes is 1. The number of rotatable bonds is 0. The van der Waals surface area contributed by atoms with E-state index in [1.165, 1.54) is 6.20 Å². The quantitative estimate of drug-likeness (QED) is 0.607. The lowest BCUT2D eigenvalue weighted by molar-refractivity contribution is 1.27. The van der Waals surface area contributed by atoms with E-state index in [1.807, 2.05) is 0 Å². The molecule has 0 unspecified atom stereocenters. The van der Waals surface area contributed by atoms with Crippen LogP contribution in [0.3, 0.4) is 0 Å². The summed E-state index contributed by atoms with van der Waals surface area (Å²) in [5.74, 6) is 2.41. The highest BCUT2D eigenvalue weighted by Gasteiger charge is 1.96. The molecule has 0 atom stereocenters. The van der Waals surface area contributed by atoms with Gasteiger partial charge in [0.2, 0.25) is 0 Å². The molecule has 0 radical (unpaired) electrons. The number of nitrogens with zero attached hydrogens (tertiary/aromatic N) is 1. The Morgan fingerprint density at radius 3 is 2.90 bits per heavy atom. The van der Waals surface area contributed by atoms with E-state index < -0.39 is 0 Å². The van der Waals surface area contributed by atoms with Crippen molar-refractivity contribution in [2.24, 2.45) is 0 Å². The van der Waals surface area contributed by atoms with Crippen molar-refractivity contribution in [3.63, 3.8) is 0 Å². The van der Waals surface area contributed by atoms with Crippen molar-refractivity contribution in [3.05, 3.63) is 27.5 Å². The largest absolute Gasteiger partial charge is 0.245 e. The van der Waals surface area contributed by atoms with Crippen LogP contribution in [0.4, 0.5) is 0 Å². The highest BCUT2D eigenvalue weighted by atomic mass is 79.9. The van der Waals surface area contributed by atoms with Crippen LogP contribution >= 0.6 is 27.5 Å². The third kappa shape index (κ3) is 1.50. The molecule has 0 N–H and O–H groups in total. The highest BCUT2D eigenvalue weighted by molar-refractivity contribution is 9.10. The minimum atomic E-state index is 0.574. The van der Waals surface area contributed by atoms with Crippen LogP contribution < -0.4 is 0 Å². The van der Waals surface area contributed by atoms with Gasteiger partial charge in [-0.3, -0.25) is 0 Å². The number of pyridine rings is 1. The maximum atomic E-state index is 5.61. The normalized spacial score (nSPS) is 8.90. The fraction of sp³-hybridized carbons (Fsp3) is 0. The van der Waals surface area contributed by atoms with Crippen LogP contribution in [0, 0.1) is 12.3 Å². The van der Waals surface area contributed by atoms with Crippen LogP contribution in [0.2, 0.25) is 5.02 Å². The Kier molecular flexibility index (Phi) is 2.31. The van der Waals surface area contributed by atoms with E-state index in [0.717, 1.165) is 4.47 Å². The van der Waals surface area contributed by atoms with Crippen molar-refractivity contribution >= 4 is 27.5 Å². The van der Waals surface area contributed by atoms with Gasteiger partial charge < -0.3 is 0 Å². The molecule has 1 nitrogen and oxygen atoms in total. The summed E-state index contributed by atoms with van der Waals surface area (Å²) in [4.78, 5) is 3.88. The number of hydrogen-bond acceptors (Lipinski definition) is 1. The molecule has 0 bridgehead atoms. The van der Waals surface area contributed by atoms with Crippen molar-refractivity contribution < 1.29 is 0 Å². The zero-order chi connectivity index (χ0) is 7.56. The van der Waals surface area contributed by atoms with Crippen molar-refractivity contribution in [2.75, 3.05) is 0 Å². The molecule has 3 heteroatoms. The van der Waals surface area contributed by atoms with E-state index in [2.05, 4.69) is 26.8 Å². The van der Waals surface area contributed by atoms with E-state index >= 15 is 0 Å². The SMILES string of the molecule is C#Cc1ncc(Cl)cc1Br. The zero-order valence-electron chi connectivity index (χ0n) is 4.94. The molecule has 0 amide bonds. The summed E-state index contributed by atoms with van der Waals surface area (Å²) in [6.45, 7) is 0. The van der Waals surface area contributed by atoms with E-state index in [0.29, 0.717) is 10.7 Å². The highest BCUT2D eigenvalue weighted by Crippen LogP contribution is 2.17. The van der Waals surface area contributed by atoms with Crippen molar-refractivity contribution in [3.8, 4) is 12.3 Å². The van der Waals surface area contributed by atoms with Gasteiger partial charge in [-0.05, 0) is 27.9 Å². The zero-order valence-corrected chi connectivity index (χ0v) is 7.28. The Morgan fingerprint density at radius 2 is 2.40 bits per heavy atom. The second kappa shape index (κ2) is 3.05. The van der Waals surface area contributed by atoms with Crippen LogP contribution in [0.1, 0.15) is 5.69 Å². The lowest BCUT2D eigenvalue weighted by Crippen LogP contribution is -1.82. The maximum absolute atomic E-state index is 5.61. The van der Waals surface area contributed by atoms with E-state index in [-0.39, 0.29) is 0 Å². The number of aromatic nitrogens is 1. The van der Waals surface area contributed by atoms with Gasteiger partial charge in [0.25, 0.3) is 0 Å². The van der Waals surface area contributed by atoms with Crippen LogP contribution in [-0.4, -0.2) is 4.98 Å². The van der Waals surface area contributed by atoms with Crippen molar-refractivity contribution in [2.45, 2.75) is 0 Å². The van der Waals surface area contributed by atoms with Gasteiger partial charge in [0.05, 0.1) is 9.50 Å². The molecular weight excluding hydrogens is 213 g/mol. The maximum Gasteiger partial charge on any atom is 0.127 e. The molecule has 0 aromatic carbocycles. The van der Waals surface area contributed by atoms with E-state index in [4.69, 9.17) is 18.0 Å². The van der Waals surface area contributed by atoms with Gasteiger partial charge >= 0.3 is 0 Å². The minimum absolute atomic E-state index is 0.574. The molecule has 1 heterocycles. The molecule has 50 valence electrons. The van der Waals surface area contributed by atoms with Gasteiger partial charge in [0.1, 0.15) is 5.69 Å². The number of halogens is 2. The second-order valence-electron chi connectivity index (χ2n) is 1.63. The third-order valence-corrected chi connectivity index (χ3v) is 1.76. The molecule has 0 saturated heterocycles. The van der Waals surface area contributed by atoms with E-state index in [9.17, 15) is 0 Å². The summed E-state index contributed by atoms with van der Waals surface area (Å²) in [6, 6.07) is 1.71. The predicted molar refractivity (Wildman–Crippen MR) is 44.9 cm³/mol. The molecule has 0 aliphatic carbocycles. The predicted octanol–water partition coefficient (Wildman–Crippen LogP) is 2.48. The summed E-state index contributed by atoms with van der Waals surface area (Å²) >= 11 is 8.83.